The molecule has 0 aliphatic rings. The Morgan fingerprint density at radius 3 is 2.53 bits per heavy atom. The summed E-state index contributed by atoms with van der Waals surface area (Å²) >= 11 is 9.65. The van der Waals surface area contributed by atoms with Crippen LogP contribution in [0.15, 0.2) is 23.1 Å². The van der Waals surface area contributed by atoms with Crippen LogP contribution in [0.2, 0.25) is 0 Å². The minimum Gasteiger partial charge on any atom is -0.405 e. The molecule has 0 amide bonds. The fourth-order valence-electron chi connectivity index (χ4n) is 1.17. The van der Waals surface area contributed by atoms with E-state index in [0.29, 0.717) is 0 Å². The Bertz CT molecular complexity index is 434. The lowest BCUT2D eigenvalue weighted by Crippen LogP contribution is -2.18. The number of alkyl halides is 4. The number of Topliss-reactive ketones (excluding diaryl/α,β-unsaturated/α-hetero) is 1. The number of hydrogen-bond acceptors (Lipinski definition) is 3. The summed E-state index contributed by atoms with van der Waals surface area (Å²) in [6.45, 7) is 1.24. The van der Waals surface area contributed by atoms with Crippen LogP contribution in [0.5, 0.6) is 5.75 Å². The normalized spacial score (nSPS) is 13.3. The lowest BCUT2D eigenvalue weighted by molar-refractivity contribution is -0.275. The van der Waals surface area contributed by atoms with E-state index in [2.05, 4.69) is 17.4 Å². The van der Waals surface area contributed by atoms with Gasteiger partial charge in [0.2, 0.25) is 0 Å². The van der Waals surface area contributed by atoms with Gasteiger partial charge in [-0.3, -0.25) is 4.79 Å². The van der Waals surface area contributed by atoms with Crippen LogP contribution in [0.4, 0.5) is 13.2 Å². The first-order valence-corrected chi connectivity index (χ1v) is 5.33. The number of carbonyl (C=O) groups is 1. The van der Waals surface area contributed by atoms with Crippen molar-refractivity contribution in [2.75, 3.05) is 0 Å². The van der Waals surface area contributed by atoms with Crippen molar-refractivity contribution in [3.8, 4) is 5.75 Å². The van der Waals surface area contributed by atoms with E-state index in [1.165, 1.54) is 19.1 Å². The minimum atomic E-state index is -4.81. The molecule has 1 rings (SSSR count). The van der Waals surface area contributed by atoms with E-state index in [1.807, 2.05) is 0 Å². The predicted molar refractivity (Wildman–Crippen MR) is 59.7 cm³/mol. The summed E-state index contributed by atoms with van der Waals surface area (Å²) in [4.78, 5) is 11.0. The lowest BCUT2D eigenvalue weighted by Gasteiger charge is -2.15. The van der Waals surface area contributed by atoms with E-state index in [0.717, 1.165) is 6.07 Å². The summed E-state index contributed by atoms with van der Waals surface area (Å²) in [6.07, 6.45) is -4.81. The third kappa shape index (κ3) is 3.81. The van der Waals surface area contributed by atoms with Gasteiger partial charge in [-0.1, -0.05) is 12.1 Å². The lowest BCUT2D eigenvalue weighted by atomic mass is 10.1. The third-order valence-electron chi connectivity index (χ3n) is 1.89. The summed E-state index contributed by atoms with van der Waals surface area (Å²) in [5, 5.41) is -1.04. The molecule has 0 N–H and O–H groups in total. The predicted octanol–water partition coefficient (Wildman–Crippen LogP) is 3.74. The number of ketones is 1. The Hall–Kier alpha value is -0.880. The maximum absolute atomic E-state index is 12.1. The van der Waals surface area contributed by atoms with Gasteiger partial charge in [-0.15, -0.1) is 37.4 Å². The number of halogens is 4. The molecule has 0 aromatic heterocycles. The zero-order valence-corrected chi connectivity index (χ0v) is 10.2. The Morgan fingerprint density at radius 1 is 1.47 bits per heavy atom. The molecule has 1 unspecified atom stereocenters. The highest BCUT2D eigenvalue weighted by atomic mass is 35.5. The molecular weight excluding hydrogens is 277 g/mol. The minimum absolute atomic E-state index is 0.0972. The van der Waals surface area contributed by atoms with Gasteiger partial charge in [-0.05, 0) is 18.6 Å². The zero-order chi connectivity index (χ0) is 13.2. The second kappa shape index (κ2) is 5.18. The topological polar surface area (TPSA) is 26.3 Å². The number of thiol groups is 1. The average Bonchev–Trinajstić information content (AvgIpc) is 2.18. The van der Waals surface area contributed by atoms with Gasteiger partial charge >= 0.3 is 6.36 Å². The summed E-state index contributed by atoms with van der Waals surface area (Å²) in [5.41, 5.74) is 0.184. The molecule has 0 fully saturated rings. The van der Waals surface area contributed by atoms with Crippen molar-refractivity contribution in [1.82, 2.24) is 0 Å². The van der Waals surface area contributed by atoms with Crippen LogP contribution in [0, 0.1) is 0 Å². The molecule has 0 heterocycles. The number of ether oxygens (including phenoxy) is 1. The van der Waals surface area contributed by atoms with Crippen molar-refractivity contribution >= 4 is 30.0 Å². The molecule has 0 aliphatic heterocycles. The number of benzene rings is 1. The van der Waals surface area contributed by atoms with Gasteiger partial charge in [0, 0.05) is 0 Å². The van der Waals surface area contributed by atoms with Crippen LogP contribution in [0.3, 0.4) is 0 Å². The van der Waals surface area contributed by atoms with Crippen LogP contribution >= 0.6 is 24.2 Å². The van der Waals surface area contributed by atoms with E-state index in [1.54, 1.807) is 0 Å². The molecule has 17 heavy (non-hydrogen) atoms. The van der Waals surface area contributed by atoms with Gasteiger partial charge in [-0.2, -0.15) is 0 Å². The second-order valence-corrected chi connectivity index (χ2v) is 4.10. The summed E-state index contributed by atoms with van der Waals surface area (Å²) in [5.74, 6) is -0.864. The van der Waals surface area contributed by atoms with Gasteiger partial charge in [-0.25, -0.2) is 0 Å². The largest absolute Gasteiger partial charge is 0.573 e. The van der Waals surface area contributed by atoms with Gasteiger partial charge in [0.15, 0.2) is 5.78 Å². The fourth-order valence-corrected chi connectivity index (χ4v) is 1.75. The van der Waals surface area contributed by atoms with Crippen LogP contribution in [0.25, 0.3) is 0 Å². The number of carbonyl (C=O) groups excluding carboxylic acids is 1. The average molecular weight is 285 g/mol. The van der Waals surface area contributed by atoms with E-state index in [-0.39, 0.29) is 16.2 Å². The first-order valence-electron chi connectivity index (χ1n) is 4.44. The summed E-state index contributed by atoms with van der Waals surface area (Å²) in [7, 11) is 0. The Balaban J connectivity index is 3.12. The zero-order valence-electron chi connectivity index (χ0n) is 8.58. The molecule has 0 bridgehead atoms. The van der Waals surface area contributed by atoms with Crippen molar-refractivity contribution in [2.24, 2.45) is 0 Å². The molecule has 2 nitrogen and oxygen atoms in total. The first kappa shape index (κ1) is 14.2. The molecule has 0 aliphatic carbocycles. The van der Waals surface area contributed by atoms with Crippen molar-refractivity contribution in [3.63, 3.8) is 0 Å². The molecule has 7 heteroatoms. The molecule has 0 radical (unpaired) electrons. The molecule has 1 atom stereocenters. The van der Waals surface area contributed by atoms with Crippen LogP contribution in [0.1, 0.15) is 17.9 Å². The SMILES string of the molecule is CC(=O)C(Cl)c1cccc(OC(F)(F)F)c1S. The van der Waals surface area contributed by atoms with Gasteiger partial charge in [0.1, 0.15) is 11.1 Å². The Labute approximate surface area is 106 Å². The second-order valence-electron chi connectivity index (χ2n) is 3.21. The summed E-state index contributed by atoms with van der Waals surface area (Å²) < 4.78 is 39.9. The first-order chi connectivity index (χ1) is 7.72. The Morgan fingerprint density at radius 2 is 2.06 bits per heavy atom. The molecule has 1 aromatic carbocycles. The Kier molecular flexibility index (Phi) is 4.32. The maximum atomic E-state index is 12.1. The molecule has 0 saturated carbocycles. The van der Waals surface area contributed by atoms with E-state index in [9.17, 15) is 18.0 Å². The van der Waals surface area contributed by atoms with Crippen LogP contribution in [-0.2, 0) is 4.79 Å². The monoisotopic (exact) mass is 284 g/mol. The molecule has 1 aromatic rings. The van der Waals surface area contributed by atoms with Crippen molar-refractivity contribution in [3.05, 3.63) is 23.8 Å². The van der Waals surface area contributed by atoms with E-state index >= 15 is 0 Å². The van der Waals surface area contributed by atoms with Crippen LogP contribution < -0.4 is 4.74 Å². The molecular formula is C10H8ClF3O2S. The molecule has 0 saturated heterocycles. The van der Waals surface area contributed by atoms with Gasteiger partial charge < -0.3 is 4.74 Å². The van der Waals surface area contributed by atoms with Crippen molar-refractivity contribution in [1.29, 1.82) is 0 Å². The highest BCUT2D eigenvalue weighted by Crippen LogP contribution is 2.36. The van der Waals surface area contributed by atoms with Crippen LogP contribution in [-0.4, -0.2) is 12.1 Å². The maximum Gasteiger partial charge on any atom is 0.573 e. The standard InChI is InChI=1S/C10H8ClF3O2S/c1-5(15)8(11)6-3-2-4-7(9(6)17)16-10(12,13)14/h2-4,8,17H,1H3. The fraction of sp³-hybridized carbons (Fsp3) is 0.300. The highest BCUT2D eigenvalue weighted by Gasteiger charge is 2.32. The quantitative estimate of drug-likeness (QED) is 0.676. The number of rotatable bonds is 3. The van der Waals surface area contributed by atoms with Crippen molar-refractivity contribution < 1.29 is 22.7 Å². The highest BCUT2D eigenvalue weighted by molar-refractivity contribution is 7.80. The smallest absolute Gasteiger partial charge is 0.405 e. The van der Waals surface area contributed by atoms with Gasteiger partial charge in [0.05, 0.1) is 4.90 Å². The van der Waals surface area contributed by atoms with Gasteiger partial charge in [0.25, 0.3) is 0 Å². The third-order valence-corrected chi connectivity index (χ3v) is 2.91. The number of hydrogen-bond donors (Lipinski definition) is 1. The summed E-state index contributed by atoms with van der Waals surface area (Å²) in [6, 6.07) is 3.84. The molecule has 0 spiro atoms. The van der Waals surface area contributed by atoms with E-state index < -0.39 is 17.5 Å². The van der Waals surface area contributed by atoms with Crippen molar-refractivity contribution in [2.45, 2.75) is 23.6 Å². The molecule has 94 valence electrons. The van der Waals surface area contributed by atoms with E-state index in [4.69, 9.17) is 11.6 Å².